The molecule has 5 heteroatoms. The van der Waals surface area contributed by atoms with E-state index in [9.17, 15) is 4.79 Å². The predicted octanol–water partition coefficient (Wildman–Crippen LogP) is 3.35. The molecule has 110 valence electrons. The average molecular weight is 294 g/mol. The summed E-state index contributed by atoms with van der Waals surface area (Å²) >= 11 is 1.66. The van der Waals surface area contributed by atoms with Crippen molar-refractivity contribution in [2.24, 2.45) is 5.92 Å². The molecule has 1 atom stereocenters. The quantitative estimate of drug-likeness (QED) is 0.625. The molecule has 0 saturated carbocycles. The Labute approximate surface area is 124 Å². The van der Waals surface area contributed by atoms with Crippen molar-refractivity contribution in [2.45, 2.75) is 24.2 Å². The van der Waals surface area contributed by atoms with Gasteiger partial charge in [0, 0.05) is 30.3 Å². The minimum absolute atomic E-state index is 0.133. The maximum Gasteiger partial charge on any atom is 0.319 e. The van der Waals surface area contributed by atoms with E-state index < -0.39 is 0 Å². The summed E-state index contributed by atoms with van der Waals surface area (Å²) in [5.41, 5.74) is 0.832. The molecule has 1 aromatic rings. The molecule has 1 fully saturated rings. The molecular weight excluding hydrogens is 272 g/mol. The topological polar surface area (TPSA) is 50.4 Å². The van der Waals surface area contributed by atoms with Gasteiger partial charge in [-0.15, -0.1) is 11.8 Å². The van der Waals surface area contributed by atoms with Gasteiger partial charge in [-0.3, -0.25) is 0 Å². The molecule has 0 aromatic heterocycles. The van der Waals surface area contributed by atoms with Crippen LogP contribution in [0.5, 0.6) is 0 Å². The standard InChI is InChI=1S/C15H22N2O2S/c1-20-14-6-2-5-13(10-14)17-15(18)16-8-3-4-12-7-9-19-11-12/h2,5-6,10,12H,3-4,7-9,11H2,1H3,(H2,16,17,18)/t12-/m1/s1. The predicted molar refractivity (Wildman–Crippen MR) is 83.4 cm³/mol. The van der Waals surface area contributed by atoms with Crippen molar-refractivity contribution in [1.29, 1.82) is 0 Å². The highest BCUT2D eigenvalue weighted by molar-refractivity contribution is 7.98. The van der Waals surface area contributed by atoms with Crippen LogP contribution in [0.15, 0.2) is 29.2 Å². The Hall–Kier alpha value is -1.20. The van der Waals surface area contributed by atoms with Crippen LogP contribution in [-0.4, -0.2) is 32.0 Å². The van der Waals surface area contributed by atoms with Gasteiger partial charge in [-0.1, -0.05) is 6.07 Å². The molecule has 2 N–H and O–H groups in total. The van der Waals surface area contributed by atoms with E-state index in [0.29, 0.717) is 12.5 Å². The molecule has 1 heterocycles. The highest BCUT2D eigenvalue weighted by atomic mass is 32.2. The third kappa shape index (κ3) is 5.06. The van der Waals surface area contributed by atoms with Crippen molar-refractivity contribution >= 4 is 23.5 Å². The molecule has 0 radical (unpaired) electrons. The van der Waals surface area contributed by atoms with Gasteiger partial charge in [-0.2, -0.15) is 0 Å². The average Bonchev–Trinajstić information content (AvgIpc) is 2.97. The van der Waals surface area contributed by atoms with Crippen LogP contribution in [0, 0.1) is 5.92 Å². The number of ether oxygens (including phenoxy) is 1. The van der Waals surface area contributed by atoms with Gasteiger partial charge < -0.3 is 15.4 Å². The summed E-state index contributed by atoms with van der Waals surface area (Å²) in [6, 6.07) is 7.71. The van der Waals surface area contributed by atoms with Crippen molar-refractivity contribution < 1.29 is 9.53 Å². The second-order valence-corrected chi connectivity index (χ2v) is 5.86. The number of nitrogens with one attached hydrogen (secondary N) is 2. The molecule has 1 aliphatic rings. The highest BCUT2D eigenvalue weighted by Gasteiger charge is 2.14. The van der Waals surface area contributed by atoms with Crippen LogP contribution in [0.4, 0.5) is 10.5 Å². The van der Waals surface area contributed by atoms with Crippen molar-refractivity contribution in [1.82, 2.24) is 5.32 Å². The fraction of sp³-hybridized carbons (Fsp3) is 0.533. The number of amides is 2. The Morgan fingerprint density at radius 3 is 3.15 bits per heavy atom. The molecular formula is C15H22N2O2S. The number of hydrogen-bond acceptors (Lipinski definition) is 3. The van der Waals surface area contributed by atoms with Crippen LogP contribution in [-0.2, 0) is 4.74 Å². The zero-order valence-electron chi connectivity index (χ0n) is 11.9. The van der Waals surface area contributed by atoms with E-state index in [1.807, 2.05) is 30.5 Å². The molecule has 2 amide bonds. The van der Waals surface area contributed by atoms with Crippen LogP contribution in [0.25, 0.3) is 0 Å². The van der Waals surface area contributed by atoms with Crippen LogP contribution in [0.2, 0.25) is 0 Å². The summed E-state index contributed by atoms with van der Waals surface area (Å²) in [7, 11) is 0. The zero-order valence-corrected chi connectivity index (χ0v) is 12.7. The number of hydrogen-bond donors (Lipinski definition) is 2. The number of thioether (sulfide) groups is 1. The molecule has 4 nitrogen and oxygen atoms in total. The van der Waals surface area contributed by atoms with Gasteiger partial charge in [-0.25, -0.2) is 4.79 Å². The van der Waals surface area contributed by atoms with E-state index in [1.165, 1.54) is 0 Å². The zero-order chi connectivity index (χ0) is 14.2. The van der Waals surface area contributed by atoms with Crippen LogP contribution in [0.1, 0.15) is 19.3 Å². The third-order valence-electron chi connectivity index (χ3n) is 3.43. The smallest absolute Gasteiger partial charge is 0.319 e. The lowest BCUT2D eigenvalue weighted by atomic mass is 10.0. The Morgan fingerprint density at radius 1 is 1.50 bits per heavy atom. The maximum atomic E-state index is 11.8. The summed E-state index contributed by atoms with van der Waals surface area (Å²) in [6.45, 7) is 2.49. The minimum Gasteiger partial charge on any atom is -0.381 e. The first kappa shape index (κ1) is 15.2. The molecule has 0 spiro atoms. The number of carbonyl (C=O) groups excluding carboxylic acids is 1. The Bertz CT molecular complexity index is 434. The number of anilines is 1. The number of carbonyl (C=O) groups is 1. The van der Waals surface area contributed by atoms with E-state index in [4.69, 9.17) is 4.74 Å². The lowest BCUT2D eigenvalue weighted by molar-refractivity contribution is 0.184. The van der Waals surface area contributed by atoms with E-state index >= 15 is 0 Å². The number of urea groups is 1. The molecule has 2 rings (SSSR count). The Morgan fingerprint density at radius 2 is 2.40 bits per heavy atom. The van der Waals surface area contributed by atoms with Gasteiger partial charge in [0.2, 0.25) is 0 Å². The van der Waals surface area contributed by atoms with Crippen molar-refractivity contribution in [3.63, 3.8) is 0 Å². The largest absolute Gasteiger partial charge is 0.381 e. The van der Waals surface area contributed by atoms with Crippen LogP contribution < -0.4 is 10.6 Å². The second-order valence-electron chi connectivity index (χ2n) is 4.98. The first-order valence-electron chi connectivity index (χ1n) is 7.04. The molecule has 0 bridgehead atoms. The van der Waals surface area contributed by atoms with Gasteiger partial charge in [0.25, 0.3) is 0 Å². The lowest BCUT2D eigenvalue weighted by Gasteiger charge is -2.10. The first-order valence-corrected chi connectivity index (χ1v) is 8.27. The van der Waals surface area contributed by atoms with Crippen molar-refractivity contribution in [3.05, 3.63) is 24.3 Å². The molecule has 1 saturated heterocycles. The van der Waals surface area contributed by atoms with Gasteiger partial charge in [0.1, 0.15) is 0 Å². The molecule has 0 aliphatic carbocycles. The SMILES string of the molecule is CSc1cccc(NC(=O)NCCC[C@@H]2CCOC2)c1. The van der Waals surface area contributed by atoms with Crippen LogP contribution in [0.3, 0.4) is 0 Å². The van der Waals surface area contributed by atoms with E-state index in [-0.39, 0.29) is 6.03 Å². The first-order chi connectivity index (χ1) is 9.78. The van der Waals surface area contributed by atoms with E-state index in [1.54, 1.807) is 11.8 Å². The summed E-state index contributed by atoms with van der Waals surface area (Å²) in [5.74, 6) is 0.679. The summed E-state index contributed by atoms with van der Waals surface area (Å²) in [6.07, 6.45) is 5.31. The fourth-order valence-corrected chi connectivity index (χ4v) is 2.74. The second kappa shape index (κ2) is 8.17. The number of benzene rings is 1. The van der Waals surface area contributed by atoms with Gasteiger partial charge in [-0.05, 0) is 49.6 Å². The van der Waals surface area contributed by atoms with E-state index in [2.05, 4.69) is 10.6 Å². The molecule has 20 heavy (non-hydrogen) atoms. The van der Waals surface area contributed by atoms with E-state index in [0.717, 1.165) is 43.1 Å². The molecule has 1 aliphatic heterocycles. The summed E-state index contributed by atoms with van der Waals surface area (Å²) in [5, 5.41) is 5.75. The normalized spacial score (nSPS) is 17.9. The monoisotopic (exact) mass is 294 g/mol. The summed E-state index contributed by atoms with van der Waals surface area (Å²) in [4.78, 5) is 12.9. The van der Waals surface area contributed by atoms with Gasteiger partial charge in [0.05, 0.1) is 0 Å². The molecule has 1 aromatic carbocycles. The third-order valence-corrected chi connectivity index (χ3v) is 4.15. The van der Waals surface area contributed by atoms with Gasteiger partial charge in [0.15, 0.2) is 0 Å². The fourth-order valence-electron chi connectivity index (χ4n) is 2.28. The maximum absolute atomic E-state index is 11.8. The minimum atomic E-state index is -0.133. The number of rotatable bonds is 6. The summed E-state index contributed by atoms with van der Waals surface area (Å²) < 4.78 is 5.33. The van der Waals surface area contributed by atoms with Crippen molar-refractivity contribution in [3.8, 4) is 0 Å². The van der Waals surface area contributed by atoms with Crippen LogP contribution >= 0.6 is 11.8 Å². The van der Waals surface area contributed by atoms with Gasteiger partial charge >= 0.3 is 6.03 Å². The van der Waals surface area contributed by atoms with Crippen molar-refractivity contribution in [2.75, 3.05) is 31.3 Å². The molecule has 0 unspecified atom stereocenters. The highest BCUT2D eigenvalue weighted by Crippen LogP contribution is 2.19. The Kier molecular flexibility index (Phi) is 6.21. The lowest BCUT2D eigenvalue weighted by Crippen LogP contribution is -2.29. The Balaban J connectivity index is 1.64.